The molecule has 2 aliphatic carbocycles. The smallest absolute Gasteiger partial charge is 0.352 e. The van der Waals surface area contributed by atoms with Crippen LogP contribution in [0.25, 0.3) is 0 Å². The number of benzene rings is 1. The van der Waals surface area contributed by atoms with E-state index in [4.69, 9.17) is 14.2 Å². The summed E-state index contributed by atoms with van der Waals surface area (Å²) in [6.07, 6.45) is 2.76. The molecule has 2 bridgehead atoms. The van der Waals surface area contributed by atoms with Crippen LogP contribution in [-0.4, -0.2) is 89.5 Å². The third-order valence-electron chi connectivity index (χ3n) is 9.22. The monoisotopic (exact) mass is 541 g/mol. The van der Waals surface area contributed by atoms with Gasteiger partial charge in [0.05, 0.1) is 23.5 Å². The molecule has 0 radical (unpaired) electrons. The summed E-state index contributed by atoms with van der Waals surface area (Å²) in [5, 5.41) is 28.6. The van der Waals surface area contributed by atoms with E-state index in [0.717, 1.165) is 30.5 Å². The van der Waals surface area contributed by atoms with Crippen LogP contribution >= 0.6 is 0 Å². The van der Waals surface area contributed by atoms with Crippen molar-refractivity contribution in [2.45, 2.75) is 80.8 Å². The second-order valence-electron chi connectivity index (χ2n) is 11.3. The van der Waals surface area contributed by atoms with Crippen molar-refractivity contribution in [3.63, 3.8) is 0 Å². The molecule has 6 rings (SSSR count). The number of carbonyl (C=O) groups excluding carboxylic acids is 3. The van der Waals surface area contributed by atoms with Crippen LogP contribution in [-0.2, 0) is 35.7 Å². The Morgan fingerprint density at radius 2 is 2.15 bits per heavy atom. The molecule has 1 amide bonds. The van der Waals surface area contributed by atoms with E-state index in [-0.39, 0.29) is 48.9 Å². The number of hydrogen-bond acceptors (Lipinski definition) is 10. The Kier molecular flexibility index (Phi) is 6.35. The molecule has 11 nitrogen and oxygen atoms in total. The second kappa shape index (κ2) is 9.50. The number of piperidine rings is 1. The molecule has 2 fully saturated rings. The van der Waals surface area contributed by atoms with E-state index in [1.807, 2.05) is 13.1 Å². The zero-order chi connectivity index (χ0) is 27.5. The first kappa shape index (κ1) is 26.1. The number of hydrogen-bond donors (Lipinski definition) is 4. The van der Waals surface area contributed by atoms with Gasteiger partial charge in [-0.1, -0.05) is 6.07 Å². The maximum Gasteiger partial charge on any atom is 0.352 e. The van der Waals surface area contributed by atoms with E-state index in [1.165, 1.54) is 6.92 Å². The average molecular weight is 542 g/mol. The number of phenols is 1. The standard InChI is InChI=1S/C28H35N3O8/c1-15(37-21(33)8-12-30-25(34)17-4-3-11-29-17)26(35)38-19-7-9-28(36)20-14-16-5-6-18(32)23-22(16)27(28,24(19)39-23)10-13-31(20)2/h5-7,15,17,20,24,29,32,36H,3-4,8-14H2,1-2H3,(H,30,34)/t15-,17-,20-,24-,27-,28+/m0/s1. The van der Waals surface area contributed by atoms with Crippen LogP contribution in [0.3, 0.4) is 0 Å². The first-order valence-corrected chi connectivity index (χ1v) is 13.7. The summed E-state index contributed by atoms with van der Waals surface area (Å²) in [7, 11) is 2.00. The number of carbonyl (C=O) groups is 3. The number of aromatic hydroxyl groups is 1. The fraction of sp³-hybridized carbons (Fsp3) is 0.607. The van der Waals surface area contributed by atoms with Crippen LogP contribution in [0.4, 0.5) is 0 Å². The van der Waals surface area contributed by atoms with E-state index in [0.29, 0.717) is 25.1 Å². The first-order chi connectivity index (χ1) is 18.7. The van der Waals surface area contributed by atoms with E-state index in [2.05, 4.69) is 15.5 Å². The Hall–Kier alpha value is -3.15. The summed E-state index contributed by atoms with van der Waals surface area (Å²) >= 11 is 0. The summed E-state index contributed by atoms with van der Waals surface area (Å²) in [6.45, 7) is 3.05. The van der Waals surface area contributed by atoms with Crippen LogP contribution in [0.2, 0.25) is 0 Å². The van der Waals surface area contributed by atoms with Gasteiger partial charge in [-0.2, -0.15) is 0 Å². The third kappa shape index (κ3) is 3.93. The molecule has 210 valence electrons. The molecule has 0 saturated carbocycles. The molecule has 0 unspecified atom stereocenters. The number of phenolic OH excluding ortho intramolecular Hbond substituents is 1. The highest BCUT2D eigenvalue weighted by Crippen LogP contribution is 2.65. The molecule has 1 aromatic carbocycles. The fourth-order valence-corrected chi connectivity index (χ4v) is 7.26. The summed E-state index contributed by atoms with van der Waals surface area (Å²) in [5.41, 5.74) is -0.224. The highest BCUT2D eigenvalue weighted by atomic mass is 16.6. The zero-order valence-corrected chi connectivity index (χ0v) is 22.2. The molecule has 5 aliphatic rings. The lowest BCUT2D eigenvalue weighted by Gasteiger charge is -2.61. The van der Waals surface area contributed by atoms with Crippen molar-refractivity contribution in [3.8, 4) is 11.5 Å². The Balaban J connectivity index is 1.14. The molecule has 0 aromatic heterocycles. The van der Waals surface area contributed by atoms with Crippen LogP contribution in [0.1, 0.15) is 50.2 Å². The van der Waals surface area contributed by atoms with Crippen LogP contribution in [0, 0.1) is 0 Å². The van der Waals surface area contributed by atoms with Gasteiger partial charge < -0.3 is 40.0 Å². The number of amides is 1. The quantitative estimate of drug-likeness (QED) is 0.358. The van der Waals surface area contributed by atoms with Crippen LogP contribution < -0.4 is 15.4 Å². The van der Waals surface area contributed by atoms with Crippen LogP contribution in [0.5, 0.6) is 11.5 Å². The fourth-order valence-electron chi connectivity index (χ4n) is 7.26. The van der Waals surface area contributed by atoms with E-state index in [9.17, 15) is 24.6 Å². The van der Waals surface area contributed by atoms with Crippen molar-refractivity contribution in [1.29, 1.82) is 0 Å². The lowest BCUT2D eigenvalue weighted by atomic mass is 9.50. The maximum absolute atomic E-state index is 13.0. The molecule has 4 N–H and O–H groups in total. The number of nitrogens with zero attached hydrogens (tertiary/aromatic N) is 1. The Bertz CT molecular complexity index is 1240. The van der Waals surface area contributed by atoms with Gasteiger partial charge in [0.15, 0.2) is 23.7 Å². The van der Waals surface area contributed by atoms with Gasteiger partial charge in [0.2, 0.25) is 5.91 Å². The number of ether oxygens (including phenoxy) is 3. The summed E-state index contributed by atoms with van der Waals surface area (Å²) < 4.78 is 17.3. The minimum absolute atomic E-state index is 0.0129. The van der Waals surface area contributed by atoms with Gasteiger partial charge in [-0.15, -0.1) is 0 Å². The lowest BCUT2D eigenvalue weighted by Crippen LogP contribution is -2.74. The second-order valence-corrected chi connectivity index (χ2v) is 11.3. The maximum atomic E-state index is 13.0. The van der Waals surface area contributed by atoms with E-state index >= 15 is 0 Å². The summed E-state index contributed by atoms with van der Waals surface area (Å²) in [4.78, 5) is 39.6. The Labute approximate surface area is 226 Å². The minimum atomic E-state index is -1.19. The number of likely N-dealkylation sites (tertiary alicyclic amines) is 1. The van der Waals surface area contributed by atoms with Crippen molar-refractivity contribution in [1.82, 2.24) is 15.5 Å². The molecule has 3 aliphatic heterocycles. The molecule has 39 heavy (non-hydrogen) atoms. The van der Waals surface area contributed by atoms with Gasteiger partial charge in [-0.3, -0.25) is 9.59 Å². The number of aliphatic hydroxyl groups is 1. The van der Waals surface area contributed by atoms with E-state index < -0.39 is 35.2 Å². The van der Waals surface area contributed by atoms with Gasteiger partial charge in [0, 0.05) is 24.6 Å². The first-order valence-electron chi connectivity index (χ1n) is 13.7. The molecular formula is C28H35N3O8. The molecule has 2 saturated heterocycles. The molecule has 6 atom stereocenters. The molecule has 11 heteroatoms. The zero-order valence-electron chi connectivity index (χ0n) is 22.2. The van der Waals surface area contributed by atoms with Crippen molar-refractivity contribution in [3.05, 3.63) is 35.1 Å². The summed E-state index contributed by atoms with van der Waals surface area (Å²) in [6, 6.07) is 3.10. The molecule has 1 aromatic rings. The van der Waals surface area contributed by atoms with Crippen molar-refractivity contribution in [2.24, 2.45) is 0 Å². The molecule has 1 spiro atoms. The number of rotatable bonds is 7. The SMILES string of the molecule is C[C@H](OC(=O)CCNC(=O)[C@@H]1CCCN1)C(=O)OC1=CC[C@@]2(O)[C@@H]3Cc4ccc(O)c5c4[C@@]2(CCN3C)[C@H]1O5. The van der Waals surface area contributed by atoms with Gasteiger partial charge in [-0.05, 0) is 70.5 Å². The van der Waals surface area contributed by atoms with Crippen molar-refractivity contribution < 1.29 is 38.8 Å². The van der Waals surface area contributed by atoms with Crippen molar-refractivity contribution >= 4 is 17.8 Å². The highest BCUT2D eigenvalue weighted by molar-refractivity contribution is 5.83. The predicted molar refractivity (Wildman–Crippen MR) is 137 cm³/mol. The van der Waals surface area contributed by atoms with Gasteiger partial charge >= 0.3 is 11.9 Å². The van der Waals surface area contributed by atoms with Gasteiger partial charge in [0.25, 0.3) is 0 Å². The largest absolute Gasteiger partial charge is 0.504 e. The number of nitrogens with one attached hydrogen (secondary N) is 2. The molecular weight excluding hydrogens is 506 g/mol. The predicted octanol–water partition coefficient (Wildman–Crippen LogP) is 0.403. The van der Waals surface area contributed by atoms with Gasteiger partial charge in [-0.25, -0.2) is 4.79 Å². The third-order valence-corrected chi connectivity index (χ3v) is 9.22. The van der Waals surface area contributed by atoms with E-state index in [1.54, 1.807) is 12.1 Å². The lowest BCUT2D eigenvalue weighted by molar-refractivity contribution is -0.175. The van der Waals surface area contributed by atoms with Crippen LogP contribution in [0.15, 0.2) is 24.0 Å². The minimum Gasteiger partial charge on any atom is -0.504 e. The highest BCUT2D eigenvalue weighted by Gasteiger charge is 2.72. The molecule has 3 heterocycles. The summed E-state index contributed by atoms with van der Waals surface area (Å²) in [5.74, 6) is -0.982. The topological polar surface area (TPSA) is 147 Å². The Morgan fingerprint density at radius 1 is 1.33 bits per heavy atom. The van der Waals surface area contributed by atoms with Gasteiger partial charge in [0.1, 0.15) is 5.76 Å². The Morgan fingerprint density at radius 3 is 2.92 bits per heavy atom. The average Bonchev–Trinajstić information content (AvgIpc) is 3.56. The number of likely N-dealkylation sites (N-methyl/N-ethyl adjacent to an activating group) is 1. The number of esters is 2. The van der Waals surface area contributed by atoms with Crippen molar-refractivity contribution in [2.75, 3.05) is 26.7 Å². The normalized spacial score (nSPS) is 32.9.